The Balaban J connectivity index is 2.11. The van der Waals surface area contributed by atoms with E-state index in [1.165, 1.54) is 12.1 Å². The average molecular weight is 287 g/mol. The molecule has 0 aliphatic heterocycles. The summed E-state index contributed by atoms with van der Waals surface area (Å²) in [7, 11) is 0. The molecule has 0 atom stereocenters. The Labute approximate surface area is 123 Å². The monoisotopic (exact) mass is 287 g/mol. The minimum atomic E-state index is -0.253. The first-order chi connectivity index (χ1) is 10.2. The molecule has 3 nitrogen and oxygen atoms in total. The fourth-order valence-electron chi connectivity index (χ4n) is 2.47. The van der Waals surface area contributed by atoms with Gasteiger partial charge < -0.3 is 9.84 Å². The molecule has 1 aromatic carbocycles. The van der Waals surface area contributed by atoms with Gasteiger partial charge >= 0.3 is 0 Å². The molecule has 0 radical (unpaired) electrons. The maximum absolute atomic E-state index is 13.1. The Morgan fingerprint density at radius 3 is 2.57 bits per heavy atom. The van der Waals surface area contributed by atoms with E-state index in [9.17, 15) is 9.50 Å². The molecule has 0 spiro atoms. The number of rotatable bonds is 5. The van der Waals surface area contributed by atoms with E-state index >= 15 is 0 Å². The number of aromatic nitrogens is 1. The molecule has 2 aromatic rings. The molecule has 3 rings (SSSR count). The van der Waals surface area contributed by atoms with Crippen molar-refractivity contribution < 1.29 is 14.2 Å². The van der Waals surface area contributed by atoms with Gasteiger partial charge in [-0.3, -0.25) is 4.98 Å². The fraction of sp³-hybridized carbons (Fsp3) is 0.353. The maximum atomic E-state index is 13.1. The van der Waals surface area contributed by atoms with E-state index in [4.69, 9.17) is 4.74 Å². The molecule has 0 bridgehead atoms. The Hall–Kier alpha value is -1.94. The van der Waals surface area contributed by atoms with Gasteiger partial charge in [0, 0.05) is 11.5 Å². The Morgan fingerprint density at radius 2 is 2.00 bits per heavy atom. The van der Waals surface area contributed by atoms with Crippen molar-refractivity contribution in [2.75, 3.05) is 6.61 Å². The van der Waals surface area contributed by atoms with Crippen LogP contribution in [0.15, 0.2) is 30.3 Å². The number of ether oxygens (including phenoxy) is 1. The van der Waals surface area contributed by atoms with Gasteiger partial charge in [0.25, 0.3) is 0 Å². The lowest BCUT2D eigenvalue weighted by Crippen LogP contribution is -2.04. The molecule has 21 heavy (non-hydrogen) atoms. The van der Waals surface area contributed by atoms with Crippen molar-refractivity contribution in [3.05, 3.63) is 47.5 Å². The molecule has 110 valence electrons. The zero-order chi connectivity index (χ0) is 14.8. The normalized spacial score (nSPS) is 14.2. The third-order valence-corrected chi connectivity index (χ3v) is 3.66. The third-order valence-electron chi connectivity index (χ3n) is 3.66. The van der Waals surface area contributed by atoms with Gasteiger partial charge in [-0.1, -0.05) is 12.1 Å². The maximum Gasteiger partial charge on any atom is 0.143 e. The highest BCUT2D eigenvalue weighted by Crippen LogP contribution is 2.44. The van der Waals surface area contributed by atoms with Gasteiger partial charge in [0.15, 0.2) is 0 Å². The molecule has 1 N–H and O–H groups in total. The summed E-state index contributed by atoms with van der Waals surface area (Å²) < 4.78 is 18.7. The standard InChI is InChI=1S/C17H18FNO2/c1-2-21-16-9-14(11-5-7-13(18)8-6-11)17(12-3-4-12)19-15(16)10-20/h5-9,12,20H,2-4,10H2,1H3. The van der Waals surface area contributed by atoms with Crippen LogP contribution in [0.3, 0.4) is 0 Å². The number of aliphatic hydroxyl groups excluding tert-OH is 1. The van der Waals surface area contributed by atoms with Crippen molar-refractivity contribution >= 4 is 0 Å². The largest absolute Gasteiger partial charge is 0.492 e. The molecule has 1 saturated carbocycles. The molecule has 1 aliphatic rings. The fourth-order valence-corrected chi connectivity index (χ4v) is 2.47. The topological polar surface area (TPSA) is 42.4 Å². The van der Waals surface area contributed by atoms with Crippen LogP contribution in [0.5, 0.6) is 5.75 Å². The summed E-state index contributed by atoms with van der Waals surface area (Å²) in [6.45, 7) is 2.27. The van der Waals surface area contributed by atoms with Gasteiger partial charge in [-0.25, -0.2) is 4.39 Å². The van der Waals surface area contributed by atoms with Crippen molar-refractivity contribution in [3.63, 3.8) is 0 Å². The zero-order valence-electron chi connectivity index (χ0n) is 12.0. The summed E-state index contributed by atoms with van der Waals surface area (Å²) in [6.07, 6.45) is 2.22. The molecule has 0 unspecified atom stereocenters. The SMILES string of the molecule is CCOc1cc(-c2ccc(F)cc2)c(C2CC2)nc1CO. The van der Waals surface area contributed by atoms with Crippen LogP contribution in [0.4, 0.5) is 4.39 Å². The number of hydrogen-bond donors (Lipinski definition) is 1. The number of benzene rings is 1. The molecule has 1 heterocycles. The highest BCUT2D eigenvalue weighted by atomic mass is 19.1. The highest BCUT2D eigenvalue weighted by Gasteiger charge is 2.29. The lowest BCUT2D eigenvalue weighted by molar-refractivity contribution is 0.261. The molecule has 1 aliphatic carbocycles. The van der Waals surface area contributed by atoms with Gasteiger partial charge in [-0.15, -0.1) is 0 Å². The second-order valence-corrected chi connectivity index (χ2v) is 5.24. The van der Waals surface area contributed by atoms with E-state index in [1.54, 1.807) is 12.1 Å². The predicted molar refractivity (Wildman–Crippen MR) is 78.7 cm³/mol. The first-order valence-electron chi connectivity index (χ1n) is 7.26. The molecule has 4 heteroatoms. The second-order valence-electron chi connectivity index (χ2n) is 5.24. The van der Waals surface area contributed by atoms with Crippen LogP contribution in [0, 0.1) is 5.82 Å². The average Bonchev–Trinajstić information content (AvgIpc) is 3.33. The lowest BCUT2D eigenvalue weighted by atomic mass is 10.0. The number of pyridine rings is 1. The highest BCUT2D eigenvalue weighted by molar-refractivity contribution is 5.69. The van der Waals surface area contributed by atoms with E-state index in [1.807, 2.05) is 13.0 Å². The minimum absolute atomic E-state index is 0.140. The summed E-state index contributed by atoms with van der Waals surface area (Å²) in [4.78, 5) is 4.60. The molecular formula is C17H18FNO2. The summed E-state index contributed by atoms with van der Waals surface area (Å²) in [5.41, 5.74) is 3.45. The first-order valence-corrected chi connectivity index (χ1v) is 7.26. The van der Waals surface area contributed by atoms with Crippen molar-refractivity contribution in [1.82, 2.24) is 4.98 Å². The zero-order valence-corrected chi connectivity index (χ0v) is 12.0. The van der Waals surface area contributed by atoms with E-state index in [0.29, 0.717) is 24.0 Å². The first kappa shape index (κ1) is 14.0. The smallest absolute Gasteiger partial charge is 0.143 e. The molecule has 0 amide bonds. The van der Waals surface area contributed by atoms with Gasteiger partial charge in [0.2, 0.25) is 0 Å². The summed E-state index contributed by atoms with van der Waals surface area (Å²) in [6, 6.07) is 8.33. The van der Waals surface area contributed by atoms with E-state index in [-0.39, 0.29) is 12.4 Å². The number of hydrogen-bond acceptors (Lipinski definition) is 3. The molecule has 1 fully saturated rings. The van der Waals surface area contributed by atoms with E-state index in [0.717, 1.165) is 29.7 Å². The van der Waals surface area contributed by atoms with Crippen LogP contribution < -0.4 is 4.74 Å². The number of nitrogens with zero attached hydrogens (tertiary/aromatic N) is 1. The minimum Gasteiger partial charge on any atom is -0.492 e. The van der Waals surface area contributed by atoms with Crippen molar-refractivity contribution in [2.24, 2.45) is 0 Å². The van der Waals surface area contributed by atoms with Crippen molar-refractivity contribution in [3.8, 4) is 16.9 Å². The summed E-state index contributed by atoms with van der Waals surface area (Å²) in [5.74, 6) is 0.784. The lowest BCUT2D eigenvalue weighted by Gasteiger charge is -2.14. The van der Waals surface area contributed by atoms with Crippen LogP contribution in [0.25, 0.3) is 11.1 Å². The van der Waals surface area contributed by atoms with Gasteiger partial charge in [-0.05, 0) is 43.5 Å². The predicted octanol–water partition coefficient (Wildman–Crippen LogP) is 3.66. The Kier molecular flexibility index (Phi) is 3.88. The van der Waals surface area contributed by atoms with Crippen LogP contribution in [0.1, 0.15) is 37.1 Å². The van der Waals surface area contributed by atoms with Gasteiger partial charge in [0.05, 0.1) is 18.9 Å². The Morgan fingerprint density at radius 1 is 1.29 bits per heavy atom. The second kappa shape index (κ2) is 5.82. The molecule has 0 saturated heterocycles. The van der Waals surface area contributed by atoms with Crippen molar-refractivity contribution in [1.29, 1.82) is 0 Å². The summed E-state index contributed by atoms with van der Waals surface area (Å²) in [5, 5.41) is 9.48. The number of halogens is 1. The van der Waals surface area contributed by atoms with Crippen molar-refractivity contribution in [2.45, 2.75) is 32.3 Å². The summed E-state index contributed by atoms with van der Waals surface area (Å²) >= 11 is 0. The van der Waals surface area contributed by atoms with E-state index in [2.05, 4.69) is 4.98 Å². The Bertz CT molecular complexity index is 636. The van der Waals surface area contributed by atoms with E-state index < -0.39 is 0 Å². The number of aliphatic hydroxyl groups is 1. The molecule has 1 aromatic heterocycles. The van der Waals surface area contributed by atoms with Crippen LogP contribution in [-0.4, -0.2) is 16.7 Å². The third kappa shape index (κ3) is 2.90. The van der Waals surface area contributed by atoms with Gasteiger partial charge in [0.1, 0.15) is 17.3 Å². The van der Waals surface area contributed by atoms with Gasteiger partial charge in [-0.2, -0.15) is 0 Å². The molecular weight excluding hydrogens is 269 g/mol. The van der Waals surface area contributed by atoms with Crippen LogP contribution in [-0.2, 0) is 6.61 Å². The van der Waals surface area contributed by atoms with Crippen LogP contribution >= 0.6 is 0 Å². The van der Waals surface area contributed by atoms with Crippen LogP contribution in [0.2, 0.25) is 0 Å². The quantitative estimate of drug-likeness (QED) is 0.912.